The number of benzene rings is 1. The summed E-state index contributed by atoms with van der Waals surface area (Å²) in [5, 5.41) is 9.41. The van der Waals surface area contributed by atoms with Gasteiger partial charge in [-0.3, -0.25) is 9.72 Å². The molecule has 1 aliphatic rings. The van der Waals surface area contributed by atoms with Crippen molar-refractivity contribution < 1.29 is 14.1 Å². The normalized spacial score (nSPS) is 13.1. The molecule has 4 aromatic heterocycles. The number of carbonyl (C=O) groups is 1. The molecule has 0 aliphatic heterocycles. The van der Waals surface area contributed by atoms with Crippen LogP contribution in [-0.4, -0.2) is 37.7 Å². The number of amides is 2. The van der Waals surface area contributed by atoms with Crippen LogP contribution in [0.15, 0.2) is 53.2 Å². The standard InChI is InChI=1S/C26H27N7O3S.3C2H6/c1-25(2,3)19-12-20(32-36-19)30-23(34)28-16-6-4-15(5-7-16)17-13-33-18-8-9-21(35-14-26(27)10-11-26)31-22(18)37-24(33)29-17;3*1-2/h4-9,12-13H,10-11,14,27H2,1-3H3,(H2,28,30,32,34);3*1-2H3. The van der Waals surface area contributed by atoms with Crippen LogP contribution >= 0.6 is 11.3 Å². The van der Waals surface area contributed by atoms with Gasteiger partial charge in [0.25, 0.3) is 0 Å². The lowest BCUT2D eigenvalue weighted by Gasteiger charge is -2.12. The molecule has 0 atom stereocenters. The zero-order chi connectivity index (χ0) is 31.8. The van der Waals surface area contributed by atoms with Gasteiger partial charge in [0.1, 0.15) is 17.2 Å². The molecular weight excluding hydrogens is 562 g/mol. The molecule has 0 saturated heterocycles. The van der Waals surface area contributed by atoms with Crippen LogP contribution in [0.3, 0.4) is 0 Å². The number of ether oxygens (including phenoxy) is 1. The second-order valence-electron chi connectivity index (χ2n) is 10.5. The summed E-state index contributed by atoms with van der Waals surface area (Å²) in [5.41, 5.74) is 9.12. The predicted molar refractivity (Wildman–Crippen MR) is 177 cm³/mol. The molecule has 5 aromatic rings. The van der Waals surface area contributed by atoms with Gasteiger partial charge in [0.15, 0.2) is 10.8 Å². The van der Waals surface area contributed by atoms with Crippen molar-refractivity contribution in [1.29, 1.82) is 0 Å². The van der Waals surface area contributed by atoms with E-state index >= 15 is 0 Å². The van der Waals surface area contributed by atoms with Gasteiger partial charge in [0.05, 0.1) is 16.7 Å². The summed E-state index contributed by atoms with van der Waals surface area (Å²) in [4.78, 5) is 23.5. The predicted octanol–water partition coefficient (Wildman–Crippen LogP) is 8.49. The molecule has 0 unspecified atom stereocenters. The van der Waals surface area contributed by atoms with E-state index in [1.807, 2.05) is 109 Å². The topological polar surface area (TPSA) is 133 Å². The first-order chi connectivity index (χ1) is 20.6. The smallest absolute Gasteiger partial charge is 0.324 e. The first-order valence-electron chi connectivity index (χ1n) is 15.0. The van der Waals surface area contributed by atoms with Crippen LogP contribution < -0.4 is 21.1 Å². The first-order valence-corrected chi connectivity index (χ1v) is 15.8. The van der Waals surface area contributed by atoms with Gasteiger partial charge in [0.2, 0.25) is 5.88 Å². The van der Waals surface area contributed by atoms with Crippen LogP contribution in [0.25, 0.3) is 26.6 Å². The van der Waals surface area contributed by atoms with Gasteiger partial charge in [-0.25, -0.2) is 14.8 Å². The number of urea groups is 1. The van der Waals surface area contributed by atoms with E-state index in [1.165, 1.54) is 11.3 Å². The van der Waals surface area contributed by atoms with E-state index in [9.17, 15) is 4.79 Å². The van der Waals surface area contributed by atoms with Crippen molar-refractivity contribution in [3.05, 3.63) is 54.4 Å². The van der Waals surface area contributed by atoms with Gasteiger partial charge in [-0.1, -0.05) is 90.9 Å². The number of nitrogens with two attached hydrogens (primary N) is 1. The number of nitrogens with one attached hydrogen (secondary N) is 2. The fourth-order valence-corrected chi connectivity index (χ4v) is 4.77. The van der Waals surface area contributed by atoms with Gasteiger partial charge >= 0.3 is 6.03 Å². The summed E-state index contributed by atoms with van der Waals surface area (Å²) in [6.45, 7) is 18.5. The van der Waals surface area contributed by atoms with Crippen LogP contribution in [0.4, 0.5) is 16.3 Å². The van der Waals surface area contributed by atoms with Crippen LogP contribution in [0, 0.1) is 0 Å². The number of hydrogen-bond donors (Lipinski definition) is 3. The maximum atomic E-state index is 12.4. The number of imidazole rings is 1. The number of carbonyl (C=O) groups excluding carboxylic acids is 1. The van der Waals surface area contributed by atoms with Crippen molar-refractivity contribution in [3.8, 4) is 17.1 Å². The molecular formula is C32H45N7O3S. The number of anilines is 2. The molecule has 6 rings (SSSR count). The monoisotopic (exact) mass is 607 g/mol. The SMILES string of the molecule is CC.CC.CC.CC(C)(C)c1cc(NC(=O)Nc2ccc(-c3cn4c(n3)sc3nc(OCC5(N)CC5)ccc34)cc2)no1. The molecule has 11 heteroatoms. The molecule has 0 radical (unpaired) electrons. The van der Waals surface area contributed by atoms with Crippen molar-refractivity contribution in [2.24, 2.45) is 5.73 Å². The molecule has 1 fully saturated rings. The summed E-state index contributed by atoms with van der Waals surface area (Å²) in [7, 11) is 0. The molecule has 232 valence electrons. The van der Waals surface area contributed by atoms with Gasteiger partial charge in [-0.15, -0.1) is 0 Å². The van der Waals surface area contributed by atoms with E-state index in [0.717, 1.165) is 39.4 Å². The Morgan fingerprint density at radius 2 is 1.70 bits per heavy atom. The van der Waals surface area contributed by atoms with Gasteiger partial charge in [-0.2, -0.15) is 0 Å². The van der Waals surface area contributed by atoms with Crippen molar-refractivity contribution in [3.63, 3.8) is 0 Å². The Kier molecular flexibility index (Phi) is 11.3. The van der Waals surface area contributed by atoms with Crippen molar-refractivity contribution in [2.75, 3.05) is 17.2 Å². The summed E-state index contributed by atoms with van der Waals surface area (Å²) in [5.74, 6) is 1.64. The molecule has 2 amide bonds. The number of pyridine rings is 1. The van der Waals surface area contributed by atoms with Gasteiger partial charge in [-0.05, 0) is 31.0 Å². The van der Waals surface area contributed by atoms with E-state index < -0.39 is 6.03 Å². The molecule has 10 nitrogen and oxygen atoms in total. The number of thiazole rings is 1. The highest BCUT2D eigenvalue weighted by atomic mass is 32.1. The van der Waals surface area contributed by atoms with E-state index in [4.69, 9.17) is 20.0 Å². The molecule has 4 heterocycles. The van der Waals surface area contributed by atoms with Crippen molar-refractivity contribution in [1.82, 2.24) is 19.5 Å². The number of aromatic nitrogens is 4. The zero-order valence-corrected chi connectivity index (χ0v) is 27.6. The van der Waals surface area contributed by atoms with Crippen molar-refractivity contribution in [2.45, 2.75) is 86.1 Å². The lowest BCUT2D eigenvalue weighted by atomic mass is 9.93. The van der Waals surface area contributed by atoms with E-state index in [0.29, 0.717) is 29.8 Å². The Balaban J connectivity index is 0.000000796. The van der Waals surface area contributed by atoms with Gasteiger partial charge < -0.3 is 20.3 Å². The number of rotatable bonds is 6. The maximum absolute atomic E-state index is 12.4. The van der Waals surface area contributed by atoms with Crippen LogP contribution in [-0.2, 0) is 5.41 Å². The average molecular weight is 608 g/mol. The molecule has 1 aromatic carbocycles. The molecule has 4 N–H and O–H groups in total. The quantitative estimate of drug-likeness (QED) is 0.176. The van der Waals surface area contributed by atoms with E-state index in [-0.39, 0.29) is 11.0 Å². The first kappa shape index (κ1) is 33.5. The largest absolute Gasteiger partial charge is 0.476 e. The molecule has 0 spiro atoms. The maximum Gasteiger partial charge on any atom is 0.324 e. The Morgan fingerprint density at radius 3 is 2.30 bits per heavy atom. The van der Waals surface area contributed by atoms with E-state index in [1.54, 1.807) is 6.07 Å². The molecule has 1 aliphatic carbocycles. The Bertz CT molecular complexity index is 1610. The van der Waals surface area contributed by atoms with Crippen molar-refractivity contribution >= 4 is 44.2 Å². The average Bonchev–Trinajstić information content (AvgIpc) is 3.32. The molecule has 1 saturated carbocycles. The van der Waals surface area contributed by atoms with Crippen LogP contribution in [0.1, 0.15) is 80.9 Å². The fraction of sp³-hybridized carbons (Fsp3) is 0.438. The Morgan fingerprint density at radius 1 is 1.02 bits per heavy atom. The molecule has 43 heavy (non-hydrogen) atoms. The highest BCUT2D eigenvalue weighted by molar-refractivity contribution is 7.23. The fourth-order valence-electron chi connectivity index (χ4n) is 3.80. The highest BCUT2D eigenvalue weighted by Crippen LogP contribution is 2.34. The summed E-state index contributed by atoms with van der Waals surface area (Å²) in [6.07, 6.45) is 3.98. The summed E-state index contributed by atoms with van der Waals surface area (Å²) >= 11 is 1.51. The lowest BCUT2D eigenvalue weighted by molar-refractivity contribution is 0.262. The van der Waals surface area contributed by atoms with Crippen LogP contribution in [0.2, 0.25) is 0 Å². The minimum atomic E-state index is -0.398. The minimum Gasteiger partial charge on any atom is -0.476 e. The molecule has 0 bridgehead atoms. The zero-order valence-electron chi connectivity index (χ0n) is 26.7. The summed E-state index contributed by atoms with van der Waals surface area (Å²) < 4.78 is 13.1. The number of fused-ring (bicyclic) bond motifs is 3. The van der Waals surface area contributed by atoms with Gasteiger partial charge in [0, 0.05) is 35.0 Å². The Labute approximate surface area is 258 Å². The minimum absolute atomic E-state index is 0.183. The second-order valence-corrected chi connectivity index (χ2v) is 11.4. The summed E-state index contributed by atoms with van der Waals surface area (Å²) in [6, 6.07) is 12.7. The third-order valence-electron chi connectivity index (χ3n) is 6.26. The number of nitrogens with zero attached hydrogens (tertiary/aromatic N) is 4. The second kappa shape index (κ2) is 14.5. The third-order valence-corrected chi connectivity index (χ3v) is 7.23. The Hall–Kier alpha value is -3.96. The highest BCUT2D eigenvalue weighted by Gasteiger charge is 2.39. The third kappa shape index (κ3) is 8.32. The van der Waals surface area contributed by atoms with Crippen LogP contribution in [0.5, 0.6) is 5.88 Å². The lowest BCUT2D eigenvalue weighted by Crippen LogP contribution is -2.29. The van der Waals surface area contributed by atoms with E-state index in [2.05, 4.69) is 20.8 Å². The number of hydrogen-bond acceptors (Lipinski definition) is 8.